The molecule has 1 fully saturated rings. The van der Waals surface area contributed by atoms with Gasteiger partial charge in [0.05, 0.1) is 6.04 Å². The van der Waals surface area contributed by atoms with Crippen LogP contribution in [-0.2, 0) is 23.6 Å². The van der Waals surface area contributed by atoms with E-state index in [1.807, 2.05) is 0 Å². The van der Waals surface area contributed by atoms with Crippen LogP contribution in [0.15, 0.2) is 18.2 Å². The fourth-order valence-electron chi connectivity index (χ4n) is 5.18. The third-order valence-corrected chi connectivity index (χ3v) is 7.12. The normalized spacial score (nSPS) is 21.0. The monoisotopic (exact) mass is 546 g/mol. The average molecular weight is 547 g/mol. The molecule has 2 aliphatic rings. The van der Waals surface area contributed by atoms with Crippen molar-refractivity contribution in [2.45, 2.75) is 44.1 Å². The summed E-state index contributed by atoms with van der Waals surface area (Å²) >= 11 is 6.18. The van der Waals surface area contributed by atoms with Crippen LogP contribution in [0, 0.1) is 5.92 Å². The Morgan fingerprint density at radius 2 is 1.73 bits per heavy atom. The van der Waals surface area contributed by atoms with Gasteiger partial charge in [-0.1, -0.05) is 11.6 Å². The molecule has 1 aromatic carbocycles. The standard InChI is InChI=1S/C23H21ClF6N6O/c1-35-7-2-3-11(18(35)37)9-16-17-13(14-10-12(24)4-5-15(14)31-17)6-8-36(16)21-33-19(22(25,26)27)32-20(34-21)23(28,29)30/h4-5,10-11,16,31H,2-3,6-9H2,1H3/t11-,16-/m0/s1. The highest BCUT2D eigenvalue weighted by molar-refractivity contribution is 6.31. The summed E-state index contributed by atoms with van der Waals surface area (Å²) in [6, 6.07) is 4.41. The minimum Gasteiger partial charge on any atom is -0.356 e. The number of piperidine rings is 1. The molecule has 14 heteroatoms. The van der Waals surface area contributed by atoms with Gasteiger partial charge in [0.1, 0.15) is 0 Å². The van der Waals surface area contributed by atoms with E-state index in [9.17, 15) is 31.1 Å². The number of H-pyrrole nitrogens is 1. The molecule has 0 bridgehead atoms. The van der Waals surface area contributed by atoms with Crippen molar-refractivity contribution >= 4 is 34.4 Å². The molecule has 0 spiro atoms. The maximum absolute atomic E-state index is 13.5. The lowest BCUT2D eigenvalue weighted by Crippen LogP contribution is -2.43. The molecular formula is C23H21ClF6N6O. The Morgan fingerprint density at radius 1 is 1.05 bits per heavy atom. The van der Waals surface area contributed by atoms with Crippen LogP contribution in [-0.4, -0.2) is 50.9 Å². The van der Waals surface area contributed by atoms with Crippen molar-refractivity contribution in [1.29, 1.82) is 0 Å². The van der Waals surface area contributed by atoms with Crippen LogP contribution in [0.25, 0.3) is 10.9 Å². The largest absolute Gasteiger partial charge is 0.451 e. The molecular weight excluding hydrogens is 526 g/mol. The summed E-state index contributed by atoms with van der Waals surface area (Å²) in [5.74, 6) is -5.19. The van der Waals surface area contributed by atoms with E-state index in [1.54, 1.807) is 30.1 Å². The summed E-state index contributed by atoms with van der Waals surface area (Å²) < 4.78 is 80.9. The highest BCUT2D eigenvalue weighted by atomic mass is 35.5. The minimum absolute atomic E-state index is 0.0342. The van der Waals surface area contributed by atoms with Gasteiger partial charge < -0.3 is 14.8 Å². The summed E-state index contributed by atoms with van der Waals surface area (Å²) in [6.45, 7) is 0.615. The molecule has 1 N–H and O–H groups in total. The number of hydrogen-bond donors (Lipinski definition) is 1. The van der Waals surface area contributed by atoms with Crippen molar-refractivity contribution in [1.82, 2.24) is 24.8 Å². The second-order valence-corrected chi connectivity index (χ2v) is 9.72. The SMILES string of the molecule is CN1CCC[C@@H](C[C@H]2c3[nH]c4ccc(Cl)cc4c3CCN2c2nc(C(F)(F)F)nc(C(F)(F)F)n2)C1=O. The number of rotatable bonds is 3. The van der Waals surface area contributed by atoms with Crippen molar-refractivity contribution in [3.05, 3.63) is 46.1 Å². The van der Waals surface area contributed by atoms with Gasteiger partial charge in [-0.05, 0) is 49.4 Å². The molecule has 0 aliphatic carbocycles. The maximum Gasteiger partial charge on any atom is 0.451 e. The lowest BCUT2D eigenvalue weighted by molar-refractivity contribution is -0.155. The predicted molar refractivity (Wildman–Crippen MR) is 122 cm³/mol. The average Bonchev–Trinajstić information content (AvgIpc) is 3.19. The van der Waals surface area contributed by atoms with Crippen LogP contribution in [0.4, 0.5) is 32.3 Å². The Bertz CT molecular complexity index is 1320. The number of aromatic amines is 1. The lowest BCUT2D eigenvalue weighted by Gasteiger charge is -2.39. The van der Waals surface area contributed by atoms with Crippen LogP contribution in [0.5, 0.6) is 0 Å². The summed E-state index contributed by atoms with van der Waals surface area (Å²) in [5, 5.41) is 1.29. The van der Waals surface area contributed by atoms with E-state index >= 15 is 0 Å². The zero-order chi connectivity index (χ0) is 26.7. The number of carbonyl (C=O) groups excluding carboxylic acids is 1. The van der Waals surface area contributed by atoms with Gasteiger partial charge in [0.15, 0.2) is 0 Å². The van der Waals surface area contributed by atoms with E-state index in [-0.39, 0.29) is 18.9 Å². The molecule has 1 saturated heterocycles. The number of nitrogens with zero attached hydrogens (tertiary/aromatic N) is 5. The molecule has 0 saturated carbocycles. The van der Waals surface area contributed by atoms with E-state index in [0.717, 1.165) is 22.9 Å². The summed E-state index contributed by atoms with van der Waals surface area (Å²) in [5.41, 5.74) is 2.15. The number of aromatic nitrogens is 4. The third-order valence-electron chi connectivity index (χ3n) is 6.88. The number of nitrogens with one attached hydrogen (secondary N) is 1. The zero-order valence-electron chi connectivity index (χ0n) is 19.4. The van der Waals surface area contributed by atoms with Gasteiger partial charge in [0.25, 0.3) is 0 Å². The van der Waals surface area contributed by atoms with E-state index < -0.39 is 41.9 Å². The van der Waals surface area contributed by atoms with Crippen molar-refractivity contribution in [2.75, 3.05) is 25.0 Å². The van der Waals surface area contributed by atoms with Gasteiger partial charge in [0.2, 0.25) is 23.5 Å². The van der Waals surface area contributed by atoms with Gasteiger partial charge in [-0.25, -0.2) is 4.98 Å². The highest BCUT2D eigenvalue weighted by Gasteiger charge is 2.44. The molecule has 0 unspecified atom stereocenters. The molecule has 2 aromatic heterocycles. The van der Waals surface area contributed by atoms with Crippen molar-refractivity contribution in [2.24, 2.45) is 5.92 Å². The molecule has 0 radical (unpaired) electrons. The molecule has 3 aromatic rings. The first-order valence-electron chi connectivity index (χ1n) is 11.5. The van der Waals surface area contributed by atoms with Gasteiger partial charge >= 0.3 is 12.4 Å². The quantitative estimate of drug-likeness (QED) is 0.445. The Morgan fingerprint density at radius 3 is 2.38 bits per heavy atom. The van der Waals surface area contributed by atoms with E-state index in [1.165, 1.54) is 4.90 Å². The highest BCUT2D eigenvalue weighted by Crippen LogP contribution is 2.42. The first-order valence-corrected chi connectivity index (χ1v) is 11.9. The van der Waals surface area contributed by atoms with Gasteiger partial charge in [0, 0.05) is 47.7 Å². The molecule has 4 heterocycles. The van der Waals surface area contributed by atoms with Crippen LogP contribution < -0.4 is 4.90 Å². The van der Waals surface area contributed by atoms with Gasteiger partial charge in [-0.2, -0.15) is 36.3 Å². The summed E-state index contributed by atoms with van der Waals surface area (Å²) in [6.07, 6.45) is -8.70. The number of amides is 1. The third kappa shape index (κ3) is 4.80. The van der Waals surface area contributed by atoms with E-state index in [2.05, 4.69) is 19.9 Å². The lowest BCUT2D eigenvalue weighted by atomic mass is 9.86. The molecule has 37 heavy (non-hydrogen) atoms. The number of alkyl halides is 6. The van der Waals surface area contributed by atoms with Crippen LogP contribution in [0.2, 0.25) is 5.02 Å². The maximum atomic E-state index is 13.5. The van der Waals surface area contributed by atoms with Crippen molar-refractivity contribution < 1.29 is 31.1 Å². The Balaban J connectivity index is 1.65. The second kappa shape index (κ2) is 9.03. The number of carbonyl (C=O) groups is 1. The number of halogens is 7. The fraction of sp³-hybridized carbons (Fsp3) is 0.478. The summed E-state index contributed by atoms with van der Waals surface area (Å²) in [4.78, 5) is 28.5. The smallest absolute Gasteiger partial charge is 0.356 e. The molecule has 2 aliphatic heterocycles. The van der Waals surface area contributed by atoms with Crippen LogP contribution in [0.1, 0.15) is 48.2 Å². The molecule has 1 amide bonds. The van der Waals surface area contributed by atoms with E-state index in [4.69, 9.17) is 11.6 Å². The molecule has 2 atom stereocenters. The second-order valence-electron chi connectivity index (χ2n) is 9.28. The van der Waals surface area contributed by atoms with Gasteiger partial charge in [-0.15, -0.1) is 0 Å². The van der Waals surface area contributed by atoms with E-state index in [0.29, 0.717) is 30.1 Å². The zero-order valence-corrected chi connectivity index (χ0v) is 20.2. The Kier molecular flexibility index (Phi) is 6.24. The predicted octanol–water partition coefficient (Wildman–Crippen LogP) is 5.41. The first-order chi connectivity index (χ1) is 17.3. The topological polar surface area (TPSA) is 78.0 Å². The number of hydrogen-bond acceptors (Lipinski definition) is 5. The van der Waals surface area contributed by atoms with Crippen molar-refractivity contribution in [3.8, 4) is 0 Å². The number of likely N-dealkylation sites (tertiary alicyclic amines) is 1. The van der Waals surface area contributed by atoms with Crippen LogP contribution in [0.3, 0.4) is 0 Å². The molecule has 7 nitrogen and oxygen atoms in total. The fourth-order valence-corrected chi connectivity index (χ4v) is 5.35. The minimum atomic E-state index is -5.21. The Labute approximate surface area is 211 Å². The Hall–Kier alpha value is -3.09. The molecule has 5 rings (SSSR count). The van der Waals surface area contributed by atoms with Crippen molar-refractivity contribution in [3.63, 3.8) is 0 Å². The number of fused-ring (bicyclic) bond motifs is 3. The number of anilines is 1. The van der Waals surface area contributed by atoms with Crippen LogP contribution >= 0.6 is 11.6 Å². The summed E-state index contributed by atoms with van der Waals surface area (Å²) in [7, 11) is 1.67. The first kappa shape index (κ1) is 25.6. The van der Waals surface area contributed by atoms with Gasteiger partial charge in [-0.3, -0.25) is 4.79 Å². The molecule has 198 valence electrons. The number of benzene rings is 1.